The molecule has 4 aliphatic heterocycles. The maximum absolute atomic E-state index is 14.8. The van der Waals surface area contributed by atoms with Crippen molar-refractivity contribution in [1.29, 1.82) is 0 Å². The molecule has 2 unspecified atom stereocenters. The van der Waals surface area contributed by atoms with Gasteiger partial charge in [-0.3, -0.25) is 62.8 Å². The molecule has 0 aromatic heterocycles. The van der Waals surface area contributed by atoms with Crippen LogP contribution in [-0.4, -0.2) is 215 Å². The Hall–Kier alpha value is -8.69. The number of rotatable bonds is 7. The van der Waals surface area contributed by atoms with Gasteiger partial charge in [0, 0.05) is 188 Å². The zero-order valence-electron chi connectivity index (χ0n) is 51.8. The van der Waals surface area contributed by atoms with Crippen LogP contribution in [0, 0.1) is 67.7 Å². The molecule has 0 fully saturated rings. The Balaban J connectivity index is 0.0000130. The van der Waals surface area contributed by atoms with Gasteiger partial charge in [-0.1, -0.05) is 102 Å². The van der Waals surface area contributed by atoms with Gasteiger partial charge in [-0.05, 0) is 12.8 Å². The van der Waals surface area contributed by atoms with Crippen molar-refractivity contribution < 1.29 is 129 Å². The second kappa shape index (κ2) is 35.9. The summed E-state index contributed by atoms with van der Waals surface area (Å²) >= 11 is 0. The van der Waals surface area contributed by atoms with Crippen LogP contribution >= 0.6 is 0 Å². The molecule has 5 aromatic carbocycles. The van der Waals surface area contributed by atoms with Crippen LogP contribution in [0.2, 0.25) is 0 Å². The Labute approximate surface area is 578 Å². The molecule has 26 nitrogen and oxygen atoms in total. The number of fused-ring (bicyclic) bond motifs is 16. The molecule has 12 bridgehead atoms. The third-order valence-electron chi connectivity index (χ3n) is 16.1. The number of hydrogen-bond acceptors (Lipinski definition) is 18. The van der Waals surface area contributed by atoms with Crippen molar-refractivity contribution in [2.45, 2.75) is 25.7 Å². The summed E-state index contributed by atoms with van der Waals surface area (Å²) in [6, 6.07) is 15.5. The zero-order valence-corrected chi connectivity index (χ0v) is 53.9. The first-order chi connectivity index (χ1) is 45.6. The van der Waals surface area contributed by atoms with E-state index in [0.717, 1.165) is 0 Å². The maximum atomic E-state index is 14.8. The quantitative estimate of drug-likeness (QED) is 0.0276. The summed E-state index contributed by atoms with van der Waals surface area (Å²) in [5.41, 5.74) is -2.84. The van der Waals surface area contributed by atoms with Gasteiger partial charge >= 0.3 is 44.6 Å². The molecule has 4 aliphatic rings. The largest absolute Gasteiger partial charge is 3.00 e. The van der Waals surface area contributed by atoms with E-state index in [9.17, 15) is 85.5 Å². The Morgan fingerprint density at radius 1 is 0.354 bits per heavy atom. The SMILES string of the molecule is O=C(CCCCCN1CCN2CCNC(=O)c3cccc(c3[O-])C(=O)NCCN(CCNC(=O)c3cccc(c3[O-])C1=O)CCN1CCNC(=O)c3cccc(c3[O-])C(=O)NCCN(CCNC(=O)c3cccc(c3[O-])C(=O)NCC1)CC2)Oc1c(F)c(F)c(F)c(F)c1F.[Tb+3]. The van der Waals surface area contributed by atoms with Gasteiger partial charge in [0.05, 0.1) is 0 Å². The number of unbranched alkanes of at least 4 members (excludes halogenated alkanes) is 2. The van der Waals surface area contributed by atoms with E-state index in [1.807, 2.05) is 0 Å². The topological polar surface area (TPSA) is 356 Å². The number of esters is 1. The summed E-state index contributed by atoms with van der Waals surface area (Å²) in [7, 11) is 0. The molecule has 514 valence electrons. The van der Waals surface area contributed by atoms with Crippen LogP contribution in [0.4, 0.5) is 22.0 Å². The number of carbonyl (C=O) groups excluding carboxylic acids is 9. The molecule has 9 rings (SSSR count). The van der Waals surface area contributed by atoms with Crippen LogP contribution in [0.15, 0.2) is 72.8 Å². The molecule has 0 saturated heterocycles. The fraction of sp³-hybridized carbons (Fsp3) is 0.391. The molecule has 0 aliphatic carbocycles. The van der Waals surface area contributed by atoms with Gasteiger partial charge in [-0.2, -0.15) is 8.78 Å². The smallest absolute Gasteiger partial charge is 0.871 e. The number of carbonyl (C=O) groups is 9. The monoisotopic (exact) mass is 1480 g/mol. The third-order valence-corrected chi connectivity index (χ3v) is 16.1. The molecule has 2 atom stereocenters. The fourth-order valence-corrected chi connectivity index (χ4v) is 10.8. The van der Waals surface area contributed by atoms with Gasteiger partial charge in [0.25, 0.3) is 47.3 Å². The minimum absolute atomic E-state index is 0. The Kier molecular flexibility index (Phi) is 27.9. The number of halogens is 5. The zero-order chi connectivity index (χ0) is 68.3. The van der Waals surface area contributed by atoms with E-state index in [2.05, 4.69) is 42.0 Å². The number of benzene rings is 5. The van der Waals surface area contributed by atoms with Crippen molar-refractivity contribution in [3.63, 3.8) is 0 Å². The summed E-state index contributed by atoms with van der Waals surface area (Å²) in [6.45, 7) is -0.658. The number of nitrogens with zero attached hydrogens (tertiary/aromatic N) is 5. The van der Waals surface area contributed by atoms with Crippen molar-refractivity contribution in [2.75, 3.05) is 137 Å². The maximum Gasteiger partial charge on any atom is 3.00 e. The first kappa shape index (κ1) is 74.7. The summed E-state index contributed by atoms with van der Waals surface area (Å²) in [5.74, 6) is -25.0. The minimum atomic E-state index is -2.46. The summed E-state index contributed by atoms with van der Waals surface area (Å²) in [6.07, 6.45) is -0.541. The second-order valence-electron chi connectivity index (χ2n) is 22.4. The van der Waals surface area contributed by atoms with Gasteiger partial charge in [0.2, 0.25) is 34.8 Å². The van der Waals surface area contributed by atoms with Crippen molar-refractivity contribution in [2.24, 2.45) is 0 Å². The Morgan fingerprint density at radius 3 is 0.906 bits per heavy atom. The molecule has 0 spiro atoms. The van der Waals surface area contributed by atoms with Gasteiger partial charge in [0.1, 0.15) is 0 Å². The number of para-hydroxylation sites is 4. The molecule has 7 N–H and O–H groups in total. The van der Waals surface area contributed by atoms with Gasteiger partial charge in [-0.15, -0.1) is 0 Å². The molecule has 0 radical (unpaired) electrons. The first-order valence-corrected chi connectivity index (χ1v) is 30.7. The van der Waals surface area contributed by atoms with Crippen molar-refractivity contribution in [3.8, 4) is 28.7 Å². The molecule has 0 saturated carbocycles. The second-order valence-corrected chi connectivity index (χ2v) is 22.4. The molecule has 96 heavy (non-hydrogen) atoms. The minimum Gasteiger partial charge on any atom is -0.871 e. The number of nitrogens with one attached hydrogen (secondary N) is 7. The summed E-state index contributed by atoms with van der Waals surface area (Å²) < 4.78 is 74.7. The van der Waals surface area contributed by atoms with Crippen LogP contribution in [-0.2, 0) is 4.79 Å². The summed E-state index contributed by atoms with van der Waals surface area (Å²) in [5, 5.41) is 74.8. The van der Waals surface area contributed by atoms with Crippen LogP contribution in [0.25, 0.3) is 0 Å². The van der Waals surface area contributed by atoms with E-state index in [1.165, 1.54) is 77.7 Å². The van der Waals surface area contributed by atoms with E-state index in [-0.39, 0.29) is 229 Å². The van der Waals surface area contributed by atoms with Crippen molar-refractivity contribution >= 4 is 53.2 Å². The number of amides is 8. The number of hydrogen-bond donors (Lipinski definition) is 7. The van der Waals surface area contributed by atoms with E-state index >= 15 is 0 Å². The predicted octanol–water partition coefficient (Wildman–Crippen LogP) is -0.257. The summed E-state index contributed by atoms with van der Waals surface area (Å²) in [4.78, 5) is 132. The average Bonchev–Trinajstić information content (AvgIpc) is 0.816. The normalized spacial score (nSPS) is 19.7. The van der Waals surface area contributed by atoms with Crippen LogP contribution < -0.4 is 62.4 Å². The molecule has 5 aromatic rings. The average molecular weight is 1480 g/mol. The standard InChI is InChI=1S/C64H73F5N12O14.Tb/c65-47-48(66)50(68)56(51(69)49(47)67)95-46(82)16-2-1-3-24-81-37-36-80-31-23-76-62(92)43-13-6-12-42(54(43)85)59(89)72-19-27-78(28-22-75-63(93)44-14-7-15-45(55(44)86)64(81)94)33-32-77-25-17-70-57(87)38-8-4-10-40(52(38)83)60(90)73-20-29-79(34-35-80)30-21-74-61(91)41-11-5-9-39(53(41)84)58(88)71-18-26-77;/h4-15,83-86H,1-3,16-37H2,(H,70,87)(H,71,88)(H,72,89)(H,73,90)(H,74,91)(H,75,93)(H,76,92);/q;+3/p-4. The van der Waals surface area contributed by atoms with E-state index < -0.39 is 129 Å². The Bertz CT molecular complexity index is 3590. The molecule has 4 heterocycles. The molecular weight excluding hydrogens is 1410 g/mol. The van der Waals surface area contributed by atoms with Crippen LogP contribution in [0.5, 0.6) is 28.7 Å². The fourth-order valence-electron chi connectivity index (χ4n) is 10.8. The predicted molar refractivity (Wildman–Crippen MR) is 322 cm³/mol. The first-order valence-electron chi connectivity index (χ1n) is 30.7. The van der Waals surface area contributed by atoms with Crippen LogP contribution in [0.1, 0.15) is 109 Å². The molecule has 32 heteroatoms. The van der Waals surface area contributed by atoms with Gasteiger partial charge in [-0.25, -0.2) is 13.2 Å². The van der Waals surface area contributed by atoms with Gasteiger partial charge < -0.3 is 67.3 Å². The molecule has 8 amide bonds. The van der Waals surface area contributed by atoms with Gasteiger partial charge in [0.15, 0.2) is 0 Å². The van der Waals surface area contributed by atoms with Crippen molar-refractivity contribution in [1.82, 2.24) is 61.7 Å². The van der Waals surface area contributed by atoms with Crippen LogP contribution in [0.3, 0.4) is 0 Å². The van der Waals surface area contributed by atoms with E-state index in [0.29, 0.717) is 0 Å². The number of ether oxygens (including phenoxy) is 1. The van der Waals surface area contributed by atoms with Crippen molar-refractivity contribution in [3.05, 3.63) is 146 Å². The third kappa shape index (κ3) is 19.5. The van der Waals surface area contributed by atoms with E-state index in [4.69, 9.17) is 0 Å². The molecular formula is C64H69F5N12O14Tb-. The Morgan fingerprint density at radius 2 is 0.604 bits per heavy atom. The van der Waals surface area contributed by atoms with E-state index in [1.54, 1.807) is 19.6 Å².